The van der Waals surface area contributed by atoms with Crippen LogP contribution < -0.4 is 5.32 Å². The Morgan fingerprint density at radius 2 is 1.89 bits per heavy atom. The standard InChI is InChI=1S/C15H22BrNO2/c1-9(2)13(16)14(19)17-11-8-10(15(3,4)5)6-7-12(11)18/h6-9,13,18H,1-5H3,(H,17,19). The van der Waals surface area contributed by atoms with E-state index in [2.05, 4.69) is 42.0 Å². The number of rotatable bonds is 3. The van der Waals surface area contributed by atoms with Crippen molar-refractivity contribution in [1.29, 1.82) is 0 Å². The first-order chi connectivity index (χ1) is 8.62. The molecule has 106 valence electrons. The molecule has 1 amide bonds. The van der Waals surface area contributed by atoms with Gasteiger partial charge in [0.1, 0.15) is 5.75 Å². The number of amides is 1. The Kier molecular flexibility index (Phi) is 5.02. The molecule has 0 aliphatic carbocycles. The van der Waals surface area contributed by atoms with Crippen LogP contribution in [0, 0.1) is 5.92 Å². The highest BCUT2D eigenvalue weighted by Gasteiger charge is 2.21. The topological polar surface area (TPSA) is 49.3 Å². The highest BCUT2D eigenvalue weighted by atomic mass is 79.9. The number of phenols is 1. The van der Waals surface area contributed by atoms with Gasteiger partial charge in [-0.2, -0.15) is 0 Å². The van der Waals surface area contributed by atoms with Crippen molar-refractivity contribution in [2.75, 3.05) is 5.32 Å². The molecule has 0 spiro atoms. The number of hydrogen-bond acceptors (Lipinski definition) is 2. The van der Waals surface area contributed by atoms with E-state index in [1.807, 2.05) is 26.0 Å². The van der Waals surface area contributed by atoms with Gasteiger partial charge in [0, 0.05) is 0 Å². The number of nitrogens with one attached hydrogen (secondary N) is 1. The van der Waals surface area contributed by atoms with Crippen LogP contribution >= 0.6 is 15.9 Å². The Morgan fingerprint density at radius 1 is 1.32 bits per heavy atom. The van der Waals surface area contributed by atoms with E-state index in [9.17, 15) is 9.90 Å². The molecule has 0 radical (unpaired) electrons. The lowest BCUT2D eigenvalue weighted by Gasteiger charge is -2.21. The van der Waals surface area contributed by atoms with E-state index in [4.69, 9.17) is 0 Å². The molecule has 1 rings (SSSR count). The molecule has 0 saturated heterocycles. The van der Waals surface area contributed by atoms with Gasteiger partial charge in [0.15, 0.2) is 0 Å². The smallest absolute Gasteiger partial charge is 0.238 e. The van der Waals surface area contributed by atoms with Gasteiger partial charge in [0.05, 0.1) is 10.5 Å². The second-order valence-electron chi connectivity index (χ2n) is 6.12. The van der Waals surface area contributed by atoms with Gasteiger partial charge in [-0.25, -0.2) is 0 Å². The minimum absolute atomic E-state index is 0.0287. The van der Waals surface area contributed by atoms with Crippen molar-refractivity contribution in [1.82, 2.24) is 0 Å². The number of carbonyl (C=O) groups excluding carboxylic acids is 1. The summed E-state index contributed by atoms with van der Waals surface area (Å²) in [4.78, 5) is 11.7. The van der Waals surface area contributed by atoms with Gasteiger partial charge in [-0.15, -0.1) is 0 Å². The Morgan fingerprint density at radius 3 is 2.37 bits per heavy atom. The molecule has 1 atom stereocenters. The van der Waals surface area contributed by atoms with Crippen LogP contribution in [0.2, 0.25) is 0 Å². The summed E-state index contributed by atoms with van der Waals surface area (Å²) in [6, 6.07) is 5.32. The zero-order valence-corrected chi connectivity index (χ0v) is 13.7. The van der Waals surface area contributed by atoms with E-state index in [1.165, 1.54) is 0 Å². The Balaban J connectivity index is 2.98. The summed E-state index contributed by atoms with van der Waals surface area (Å²) in [6.07, 6.45) is 0. The molecule has 1 unspecified atom stereocenters. The number of phenolic OH excluding ortho intramolecular Hbond substituents is 1. The van der Waals surface area contributed by atoms with Crippen LogP contribution in [0.25, 0.3) is 0 Å². The summed E-state index contributed by atoms with van der Waals surface area (Å²) in [5, 5.41) is 12.6. The van der Waals surface area contributed by atoms with Gasteiger partial charge in [-0.05, 0) is 29.0 Å². The number of carbonyl (C=O) groups is 1. The largest absolute Gasteiger partial charge is 0.506 e. The van der Waals surface area contributed by atoms with Crippen molar-refractivity contribution in [3.8, 4) is 5.75 Å². The Labute approximate surface area is 123 Å². The average Bonchev–Trinajstić information content (AvgIpc) is 2.29. The minimum atomic E-state index is -0.273. The number of aromatic hydroxyl groups is 1. The highest BCUT2D eigenvalue weighted by Crippen LogP contribution is 2.31. The molecule has 0 fully saturated rings. The van der Waals surface area contributed by atoms with E-state index in [-0.39, 0.29) is 27.8 Å². The van der Waals surface area contributed by atoms with Crippen molar-refractivity contribution in [3.63, 3.8) is 0 Å². The van der Waals surface area contributed by atoms with Crippen LogP contribution in [0.15, 0.2) is 18.2 Å². The molecular formula is C15H22BrNO2. The number of hydrogen-bond donors (Lipinski definition) is 2. The van der Waals surface area contributed by atoms with Crippen molar-refractivity contribution in [2.24, 2.45) is 5.92 Å². The van der Waals surface area contributed by atoms with E-state index in [1.54, 1.807) is 6.07 Å². The van der Waals surface area contributed by atoms with Gasteiger partial charge in [0.2, 0.25) is 5.91 Å². The maximum absolute atomic E-state index is 12.0. The first kappa shape index (κ1) is 16.0. The molecule has 2 N–H and O–H groups in total. The summed E-state index contributed by atoms with van der Waals surface area (Å²) in [5.41, 5.74) is 1.50. The van der Waals surface area contributed by atoms with Crippen molar-refractivity contribution < 1.29 is 9.90 Å². The summed E-state index contributed by atoms with van der Waals surface area (Å²) in [5.74, 6) is 0.133. The Hall–Kier alpha value is -1.03. The number of anilines is 1. The van der Waals surface area contributed by atoms with Crippen LogP contribution in [0.1, 0.15) is 40.2 Å². The number of benzene rings is 1. The molecule has 0 aromatic heterocycles. The average molecular weight is 328 g/mol. The SMILES string of the molecule is CC(C)C(Br)C(=O)Nc1cc(C(C)(C)C)ccc1O. The van der Waals surface area contributed by atoms with Gasteiger partial charge in [0.25, 0.3) is 0 Å². The zero-order chi connectivity index (χ0) is 14.8. The predicted molar refractivity (Wildman–Crippen MR) is 83.0 cm³/mol. The quantitative estimate of drug-likeness (QED) is 0.650. The lowest BCUT2D eigenvalue weighted by Crippen LogP contribution is -2.27. The summed E-state index contributed by atoms with van der Waals surface area (Å²) >= 11 is 3.35. The van der Waals surface area contributed by atoms with Gasteiger partial charge >= 0.3 is 0 Å². The predicted octanol–water partition coefficient (Wildman–Crippen LogP) is 4.05. The van der Waals surface area contributed by atoms with Crippen LogP contribution in [0.4, 0.5) is 5.69 Å². The number of halogens is 1. The molecule has 1 aromatic rings. The van der Waals surface area contributed by atoms with Crippen molar-refractivity contribution in [2.45, 2.75) is 44.9 Å². The molecule has 0 aliphatic heterocycles. The van der Waals surface area contributed by atoms with Crippen LogP contribution in [-0.2, 0) is 10.2 Å². The van der Waals surface area contributed by atoms with Crippen LogP contribution in [0.3, 0.4) is 0 Å². The molecule has 0 heterocycles. The highest BCUT2D eigenvalue weighted by molar-refractivity contribution is 9.10. The fourth-order valence-electron chi connectivity index (χ4n) is 1.61. The fourth-order valence-corrected chi connectivity index (χ4v) is 1.72. The van der Waals surface area contributed by atoms with Gasteiger partial charge < -0.3 is 10.4 Å². The normalized spacial score (nSPS) is 13.4. The maximum atomic E-state index is 12.0. The minimum Gasteiger partial charge on any atom is -0.506 e. The fraction of sp³-hybridized carbons (Fsp3) is 0.533. The Bertz CT molecular complexity index is 464. The molecular weight excluding hydrogens is 306 g/mol. The lowest BCUT2D eigenvalue weighted by atomic mass is 9.87. The molecule has 0 saturated carbocycles. The third-order valence-corrected chi connectivity index (χ3v) is 4.43. The van der Waals surface area contributed by atoms with E-state index in [0.717, 1.165) is 5.56 Å². The second-order valence-corrected chi connectivity index (χ2v) is 7.10. The second kappa shape index (κ2) is 5.95. The van der Waals surface area contributed by atoms with Crippen molar-refractivity contribution in [3.05, 3.63) is 23.8 Å². The number of alkyl halides is 1. The van der Waals surface area contributed by atoms with Gasteiger partial charge in [-0.1, -0.05) is 56.6 Å². The molecule has 4 heteroatoms. The third kappa shape index (κ3) is 4.23. The van der Waals surface area contributed by atoms with Crippen LogP contribution in [-0.4, -0.2) is 15.8 Å². The summed E-state index contributed by atoms with van der Waals surface area (Å²) < 4.78 is 0. The van der Waals surface area contributed by atoms with E-state index < -0.39 is 0 Å². The monoisotopic (exact) mass is 327 g/mol. The summed E-state index contributed by atoms with van der Waals surface area (Å²) in [7, 11) is 0. The molecule has 0 aliphatic rings. The van der Waals surface area contributed by atoms with E-state index in [0.29, 0.717) is 5.69 Å². The third-order valence-electron chi connectivity index (χ3n) is 2.96. The first-order valence-corrected chi connectivity index (χ1v) is 7.33. The molecule has 1 aromatic carbocycles. The lowest BCUT2D eigenvalue weighted by molar-refractivity contribution is -0.116. The zero-order valence-electron chi connectivity index (χ0n) is 12.1. The molecule has 19 heavy (non-hydrogen) atoms. The van der Waals surface area contributed by atoms with Gasteiger partial charge in [-0.3, -0.25) is 4.79 Å². The molecule has 0 bridgehead atoms. The summed E-state index contributed by atoms with van der Waals surface area (Å²) in [6.45, 7) is 10.2. The molecule has 3 nitrogen and oxygen atoms in total. The maximum Gasteiger partial charge on any atom is 0.238 e. The van der Waals surface area contributed by atoms with E-state index >= 15 is 0 Å². The van der Waals surface area contributed by atoms with Crippen molar-refractivity contribution >= 4 is 27.5 Å². The first-order valence-electron chi connectivity index (χ1n) is 6.41. The van der Waals surface area contributed by atoms with Crippen LogP contribution in [0.5, 0.6) is 5.75 Å².